The lowest BCUT2D eigenvalue weighted by Crippen LogP contribution is -2.44. The van der Waals surface area contributed by atoms with Gasteiger partial charge in [0, 0.05) is 22.8 Å². The first-order valence-electron chi connectivity index (χ1n) is 10.4. The highest BCUT2D eigenvalue weighted by Gasteiger charge is 2.38. The summed E-state index contributed by atoms with van der Waals surface area (Å²) in [7, 11) is 0. The topological polar surface area (TPSA) is 93.2 Å². The van der Waals surface area contributed by atoms with Gasteiger partial charge in [0.2, 0.25) is 0 Å². The second kappa shape index (κ2) is 10.3. The lowest BCUT2D eigenvalue weighted by molar-refractivity contribution is -0.157. The summed E-state index contributed by atoms with van der Waals surface area (Å²) in [6, 6.07) is 4.88. The molecule has 0 saturated heterocycles. The fourth-order valence-electron chi connectivity index (χ4n) is 3.47. The lowest BCUT2D eigenvalue weighted by Gasteiger charge is -2.28. The number of carbonyl (C=O) groups excluding carboxylic acids is 2. The molecule has 0 spiro atoms. The number of halogens is 5. The molecule has 35 heavy (non-hydrogen) atoms. The zero-order chi connectivity index (χ0) is 25.9. The molecule has 1 aliphatic heterocycles. The highest BCUT2D eigenvalue weighted by molar-refractivity contribution is 6.30. The number of benzene rings is 1. The molecule has 1 aliphatic rings. The van der Waals surface area contributed by atoms with Gasteiger partial charge in [-0.25, -0.2) is 9.18 Å². The molecule has 1 aromatic heterocycles. The van der Waals surface area contributed by atoms with Crippen LogP contribution in [0.15, 0.2) is 59.8 Å². The van der Waals surface area contributed by atoms with Gasteiger partial charge < -0.3 is 16.0 Å². The smallest absolute Gasteiger partial charge is 0.365 e. The largest absolute Gasteiger partial charge is 0.396 e. The van der Waals surface area contributed by atoms with E-state index in [1.165, 1.54) is 39.9 Å². The molecule has 1 unspecified atom stereocenters. The maximum atomic E-state index is 13.7. The number of urea groups is 1. The normalized spacial score (nSPS) is 15.4. The standard InChI is InChI=1S/C23H22ClF4N5O2/c1-3-5-16(11-17(24)13(2)23(26,27)28)30-22(35)32-8-9-33-18(12-32)19(21(29)34)20(31-33)14-6-4-7-15(25)10-14/h3-7,10-11,13H,1,8-9,12H2,2H3,(H2,29,34)(H,30,35)/b16-5+,17-11+. The average molecular weight is 512 g/mol. The third kappa shape index (κ3) is 5.91. The van der Waals surface area contributed by atoms with Crippen LogP contribution >= 0.6 is 11.6 Å². The number of primary amides is 1. The van der Waals surface area contributed by atoms with Crippen molar-refractivity contribution in [2.24, 2.45) is 11.7 Å². The number of allylic oxidation sites excluding steroid dienone is 4. The summed E-state index contributed by atoms with van der Waals surface area (Å²) in [5.74, 6) is -3.24. The Hall–Kier alpha value is -3.60. The molecule has 1 atom stereocenters. The number of carbonyl (C=O) groups is 2. The van der Waals surface area contributed by atoms with Gasteiger partial charge in [0.1, 0.15) is 11.5 Å². The maximum absolute atomic E-state index is 13.7. The summed E-state index contributed by atoms with van der Waals surface area (Å²) in [6.07, 6.45) is -0.957. The number of alkyl halides is 3. The summed E-state index contributed by atoms with van der Waals surface area (Å²) in [6.45, 7) is 4.72. The van der Waals surface area contributed by atoms with Crippen molar-refractivity contribution >= 4 is 23.5 Å². The van der Waals surface area contributed by atoms with Crippen molar-refractivity contribution in [2.75, 3.05) is 6.54 Å². The quantitative estimate of drug-likeness (QED) is 0.435. The van der Waals surface area contributed by atoms with Crippen molar-refractivity contribution in [1.29, 1.82) is 0 Å². The van der Waals surface area contributed by atoms with Crippen molar-refractivity contribution in [1.82, 2.24) is 20.0 Å². The van der Waals surface area contributed by atoms with Gasteiger partial charge in [0.05, 0.1) is 30.3 Å². The van der Waals surface area contributed by atoms with E-state index in [9.17, 15) is 27.2 Å². The summed E-state index contributed by atoms with van der Waals surface area (Å²) in [5.41, 5.74) is 6.53. The number of fused-ring (bicyclic) bond motifs is 1. The van der Waals surface area contributed by atoms with Crippen molar-refractivity contribution in [3.05, 3.63) is 76.9 Å². The molecule has 2 heterocycles. The third-order valence-corrected chi connectivity index (χ3v) is 5.79. The van der Waals surface area contributed by atoms with Crippen LogP contribution in [0.3, 0.4) is 0 Å². The van der Waals surface area contributed by atoms with Crippen LogP contribution in [-0.4, -0.2) is 39.3 Å². The first-order chi connectivity index (χ1) is 16.4. The van der Waals surface area contributed by atoms with Crippen LogP contribution < -0.4 is 11.1 Å². The van der Waals surface area contributed by atoms with Crippen molar-refractivity contribution < 1.29 is 27.2 Å². The van der Waals surface area contributed by atoms with Gasteiger partial charge in [-0.15, -0.1) is 0 Å². The monoisotopic (exact) mass is 511 g/mol. The fraction of sp³-hybridized carbons (Fsp3) is 0.261. The Morgan fingerprint density at radius 3 is 2.63 bits per heavy atom. The van der Waals surface area contributed by atoms with Crippen LogP contribution in [0, 0.1) is 11.7 Å². The Morgan fingerprint density at radius 2 is 2.03 bits per heavy atom. The average Bonchev–Trinajstić information content (AvgIpc) is 3.17. The molecule has 2 aromatic rings. The molecule has 7 nitrogen and oxygen atoms in total. The number of nitrogens with one attached hydrogen (secondary N) is 1. The van der Waals surface area contributed by atoms with E-state index in [1.807, 2.05) is 0 Å². The molecule has 12 heteroatoms. The van der Waals surface area contributed by atoms with Crippen molar-refractivity contribution in [3.8, 4) is 11.3 Å². The minimum Gasteiger partial charge on any atom is -0.365 e. The first kappa shape index (κ1) is 26.0. The Balaban J connectivity index is 1.86. The van der Waals surface area contributed by atoms with Crippen LogP contribution in [0.1, 0.15) is 23.0 Å². The molecular weight excluding hydrogens is 490 g/mol. The van der Waals surface area contributed by atoms with E-state index in [1.54, 1.807) is 6.07 Å². The minimum absolute atomic E-state index is 0.000700. The van der Waals surface area contributed by atoms with Crippen LogP contribution in [-0.2, 0) is 13.1 Å². The van der Waals surface area contributed by atoms with Crippen LogP contribution in [0.4, 0.5) is 22.4 Å². The fourth-order valence-corrected chi connectivity index (χ4v) is 3.71. The molecule has 0 fully saturated rings. The second-order valence-electron chi connectivity index (χ2n) is 7.77. The first-order valence-corrected chi connectivity index (χ1v) is 10.8. The number of hydrogen-bond acceptors (Lipinski definition) is 3. The highest BCUT2D eigenvalue weighted by atomic mass is 35.5. The van der Waals surface area contributed by atoms with Crippen molar-refractivity contribution in [3.63, 3.8) is 0 Å². The summed E-state index contributed by atoms with van der Waals surface area (Å²) >= 11 is 5.82. The summed E-state index contributed by atoms with van der Waals surface area (Å²) < 4.78 is 54.1. The number of nitrogens with zero attached hydrogens (tertiary/aromatic N) is 3. The Kier molecular flexibility index (Phi) is 7.69. The number of aromatic nitrogens is 2. The number of rotatable bonds is 6. The maximum Gasteiger partial charge on any atom is 0.396 e. The molecule has 1 aromatic carbocycles. The lowest BCUT2D eigenvalue weighted by atomic mass is 10.0. The number of amides is 3. The van der Waals surface area contributed by atoms with Crippen LogP contribution in [0.5, 0.6) is 0 Å². The Bertz CT molecular complexity index is 1220. The van der Waals surface area contributed by atoms with Gasteiger partial charge in [-0.3, -0.25) is 9.48 Å². The minimum atomic E-state index is -4.55. The van der Waals surface area contributed by atoms with Gasteiger partial charge in [-0.05, 0) is 31.2 Å². The van der Waals surface area contributed by atoms with Crippen molar-refractivity contribution in [2.45, 2.75) is 26.2 Å². The zero-order valence-electron chi connectivity index (χ0n) is 18.6. The van der Waals surface area contributed by atoms with E-state index >= 15 is 0 Å². The summed E-state index contributed by atoms with van der Waals surface area (Å²) in [5, 5.41) is 6.37. The third-order valence-electron chi connectivity index (χ3n) is 5.36. The van der Waals surface area contributed by atoms with E-state index in [0.29, 0.717) is 11.3 Å². The predicted octanol–water partition coefficient (Wildman–Crippen LogP) is 4.70. The number of nitrogens with two attached hydrogens (primary N) is 1. The summed E-state index contributed by atoms with van der Waals surface area (Å²) in [4.78, 5) is 26.5. The molecule has 3 amide bonds. The van der Waals surface area contributed by atoms with E-state index in [0.717, 1.165) is 13.0 Å². The molecular formula is C23H22ClF4N5O2. The Morgan fingerprint density at radius 1 is 1.31 bits per heavy atom. The molecule has 186 valence electrons. The van der Waals surface area contributed by atoms with E-state index in [4.69, 9.17) is 17.3 Å². The molecule has 0 aliphatic carbocycles. The Labute approximate surface area is 203 Å². The molecule has 3 rings (SSSR count). The van der Waals surface area contributed by atoms with E-state index < -0.39 is 34.9 Å². The zero-order valence-corrected chi connectivity index (χ0v) is 19.3. The van der Waals surface area contributed by atoms with Crippen LogP contribution in [0.25, 0.3) is 11.3 Å². The van der Waals surface area contributed by atoms with E-state index in [2.05, 4.69) is 17.0 Å². The second-order valence-corrected chi connectivity index (χ2v) is 8.21. The highest BCUT2D eigenvalue weighted by Crippen LogP contribution is 2.34. The predicted molar refractivity (Wildman–Crippen MR) is 123 cm³/mol. The van der Waals surface area contributed by atoms with Gasteiger partial charge >= 0.3 is 12.2 Å². The molecule has 0 saturated carbocycles. The molecule has 0 radical (unpaired) electrons. The van der Waals surface area contributed by atoms with Crippen LogP contribution in [0.2, 0.25) is 0 Å². The van der Waals surface area contributed by atoms with Gasteiger partial charge in [-0.2, -0.15) is 18.3 Å². The SMILES string of the molecule is C=C/C=C(\C=C(\Cl)C(C)C(F)(F)F)NC(=O)N1CCn2nc(-c3cccc(F)c3)c(C(N)=O)c2C1. The van der Waals surface area contributed by atoms with Gasteiger partial charge in [0.25, 0.3) is 5.91 Å². The molecule has 3 N–H and O–H groups in total. The number of hydrogen-bond donors (Lipinski definition) is 2. The van der Waals surface area contributed by atoms with Gasteiger partial charge in [-0.1, -0.05) is 36.4 Å². The van der Waals surface area contributed by atoms with Gasteiger partial charge in [0.15, 0.2) is 0 Å². The van der Waals surface area contributed by atoms with E-state index in [-0.39, 0.29) is 36.6 Å². The molecule has 0 bridgehead atoms.